The van der Waals surface area contributed by atoms with E-state index >= 15 is 9.59 Å². The van der Waals surface area contributed by atoms with Crippen molar-refractivity contribution in [3.05, 3.63) is 169 Å². The molecular weight excluding hydrogens is 1130 g/mol. The molecule has 456 valence electrons. The van der Waals surface area contributed by atoms with E-state index in [1.165, 1.54) is 24.3 Å². The predicted octanol–water partition coefficient (Wildman–Crippen LogP) is 11.7. The second-order valence-electron chi connectivity index (χ2n) is 25.7. The Hall–Kier alpha value is -6.46. The number of ketones is 2. The van der Waals surface area contributed by atoms with Gasteiger partial charge in [-0.3, -0.25) is 27.5 Å². The highest BCUT2D eigenvalue weighted by Crippen LogP contribution is 2.59. The zero-order chi connectivity index (χ0) is 60.6. The van der Waals surface area contributed by atoms with Crippen molar-refractivity contribution < 1.29 is 63.3 Å². The number of hydrogen-bond donors (Lipinski definition) is 0. The van der Waals surface area contributed by atoms with E-state index in [0.29, 0.717) is 34.5 Å². The molecule has 4 heterocycles. The third-order valence-corrected chi connectivity index (χ3v) is 22.6. The highest BCUT2D eigenvalue weighted by atomic mass is 32.2. The summed E-state index contributed by atoms with van der Waals surface area (Å²) in [4.78, 5) is 58.8. The zero-order valence-electron chi connectivity index (χ0n) is 49.5. The Morgan fingerprint density at radius 3 is 1.22 bits per heavy atom. The van der Waals surface area contributed by atoms with Crippen molar-refractivity contribution in [1.29, 1.82) is 0 Å². The Kier molecular flexibility index (Phi) is 18.3. The van der Waals surface area contributed by atoms with Crippen LogP contribution in [0.5, 0.6) is 11.5 Å². The summed E-state index contributed by atoms with van der Waals surface area (Å²) in [5.74, 6) is -2.64. The Labute approximate surface area is 507 Å². The van der Waals surface area contributed by atoms with Gasteiger partial charge in [0.15, 0.2) is 0 Å². The quantitative estimate of drug-likeness (QED) is 0.0630. The monoisotopic (exact) mass is 1210 g/mol. The molecule has 6 aliphatic carbocycles. The minimum atomic E-state index is -4.29. The van der Waals surface area contributed by atoms with Crippen LogP contribution in [0.15, 0.2) is 156 Å². The first kappa shape index (κ1) is 61.2. The number of allylic oxidation sites excluding steroid dienone is 6. The lowest BCUT2D eigenvalue weighted by atomic mass is 9.66. The lowest BCUT2D eigenvalue weighted by molar-refractivity contribution is -0.155. The van der Waals surface area contributed by atoms with E-state index in [9.17, 15) is 26.4 Å². The van der Waals surface area contributed by atoms with Gasteiger partial charge in [-0.15, -0.1) is 13.2 Å². The average Bonchev–Trinajstić information content (AvgIpc) is 1.73. The molecule has 86 heavy (non-hydrogen) atoms. The third-order valence-electron chi connectivity index (χ3n) is 20.0. The van der Waals surface area contributed by atoms with Crippen molar-refractivity contribution in [2.24, 2.45) is 82.9 Å². The maximum atomic E-state index is 15.1. The highest BCUT2D eigenvalue weighted by molar-refractivity contribution is 7.87. The number of Topliss-reactive ketones (excluding diaryl/α,β-unsaturated/α-hetero) is 2. The van der Waals surface area contributed by atoms with Crippen LogP contribution >= 0.6 is 0 Å². The summed E-state index contributed by atoms with van der Waals surface area (Å²) in [7, 11) is -8.58. The molecule has 4 fully saturated rings. The van der Waals surface area contributed by atoms with Crippen LogP contribution < -0.4 is 9.47 Å². The van der Waals surface area contributed by atoms with Crippen molar-refractivity contribution in [2.45, 2.75) is 126 Å². The molecule has 16 heteroatoms. The van der Waals surface area contributed by atoms with Gasteiger partial charge >= 0.3 is 11.9 Å². The summed E-state index contributed by atoms with van der Waals surface area (Å²) >= 11 is 0. The first-order chi connectivity index (χ1) is 41.2. The molecule has 14 nitrogen and oxygen atoms in total. The summed E-state index contributed by atoms with van der Waals surface area (Å²) in [6.45, 7) is 15.4. The van der Waals surface area contributed by atoms with Gasteiger partial charge in [0.2, 0.25) is 0 Å². The number of benzene rings is 4. The van der Waals surface area contributed by atoms with Crippen molar-refractivity contribution in [1.82, 2.24) is 0 Å². The number of ether oxygens (including phenoxy) is 4. The summed E-state index contributed by atoms with van der Waals surface area (Å²) in [6.07, 6.45) is 13.4. The van der Waals surface area contributed by atoms with Crippen LogP contribution in [0, 0.1) is 96.7 Å². The van der Waals surface area contributed by atoms with E-state index < -0.39 is 106 Å². The molecule has 10 aliphatic rings. The molecule has 0 saturated heterocycles. The van der Waals surface area contributed by atoms with Crippen LogP contribution in [0.25, 0.3) is 0 Å². The molecule has 0 radical (unpaired) electrons. The van der Waals surface area contributed by atoms with Crippen molar-refractivity contribution in [3.63, 3.8) is 0 Å². The number of rotatable bonds is 10. The normalized spacial score (nSPS) is 34.0. The maximum Gasteiger partial charge on any atom is 0.313 e. The van der Waals surface area contributed by atoms with Gasteiger partial charge in [-0.05, 0) is 147 Å². The molecule has 0 spiro atoms. The van der Waals surface area contributed by atoms with E-state index in [-0.39, 0.29) is 81.5 Å². The first-order valence-corrected chi connectivity index (χ1v) is 33.6. The van der Waals surface area contributed by atoms with Gasteiger partial charge in [0.05, 0.1) is 9.79 Å². The maximum absolute atomic E-state index is 15.1. The van der Waals surface area contributed by atoms with Crippen LogP contribution in [0.4, 0.5) is 0 Å². The van der Waals surface area contributed by atoms with E-state index in [2.05, 4.69) is 39.2 Å². The van der Waals surface area contributed by atoms with Gasteiger partial charge < -0.3 is 18.9 Å². The smallest absolute Gasteiger partial charge is 0.313 e. The topological polar surface area (TPSA) is 192 Å². The van der Waals surface area contributed by atoms with Crippen LogP contribution in [0.1, 0.15) is 87.5 Å². The van der Waals surface area contributed by atoms with Gasteiger partial charge in [-0.2, -0.15) is 16.8 Å². The minimum Gasteiger partial charge on any atom is -0.490 e. The van der Waals surface area contributed by atoms with Gasteiger partial charge in [0.1, 0.15) is 73.5 Å². The molecule has 4 aromatic carbocycles. The Morgan fingerprint density at radius 1 is 0.488 bits per heavy atom. The fourth-order valence-electron chi connectivity index (χ4n) is 15.9. The second-order valence-corrected chi connectivity index (χ2v) is 29.0. The number of carbonyl (C=O) groups excluding carboxylic acids is 4. The first-order valence-electron chi connectivity index (χ1n) is 30.7. The summed E-state index contributed by atoms with van der Waals surface area (Å²) in [6, 6.07) is 27.1. The van der Waals surface area contributed by atoms with Crippen molar-refractivity contribution in [3.8, 4) is 11.5 Å². The van der Waals surface area contributed by atoms with E-state index in [4.69, 9.17) is 27.3 Å². The number of esters is 2. The molecule has 0 unspecified atom stereocenters. The summed E-state index contributed by atoms with van der Waals surface area (Å²) in [5.41, 5.74) is 3.09. The molecule has 0 N–H and O–H groups in total. The summed E-state index contributed by atoms with van der Waals surface area (Å²) in [5, 5.41) is 0. The molecular formula is C70H80O14S2. The van der Waals surface area contributed by atoms with E-state index in [1.807, 2.05) is 74.5 Å². The predicted molar refractivity (Wildman–Crippen MR) is 323 cm³/mol. The molecule has 0 aromatic heterocycles. The fraction of sp³-hybridized carbons (Fsp3) is 0.486. The van der Waals surface area contributed by atoms with Crippen LogP contribution in [-0.2, 0) is 70.1 Å². The Balaban J connectivity index is 0.942. The summed E-state index contributed by atoms with van der Waals surface area (Å²) < 4.78 is 92.3. The van der Waals surface area contributed by atoms with Gasteiger partial charge in [-0.1, -0.05) is 123 Å². The van der Waals surface area contributed by atoms with Gasteiger partial charge in [-0.25, -0.2) is 0 Å². The van der Waals surface area contributed by atoms with Crippen LogP contribution in [0.3, 0.4) is 0 Å². The number of aryl methyl sites for hydroxylation is 2. The molecule has 4 bridgehead atoms. The number of hydrogen-bond acceptors (Lipinski definition) is 14. The fourth-order valence-corrected chi connectivity index (χ4v) is 17.8. The standard InChI is InChI=1S/C70H80O14S2/c1-7-47-19-31-55-59-33-43(5)13-29-57(59)69-67(55)65(47)61(71)37-63(73)81-51(39-79-85(75,76)53-25-9-41(3)10-26-53)35-46-17-23-50(24-18-46)84-70-58-30-14-44(6)34-60(58)56-32-20-48(8-2)66(68(56)70)62(72)38-64(74)82-52(36-45-15-21-49(83-69)22-16-45)40-80-86(77,78)54-27-11-42(4)12-28-54/h7-12,15-28,31-32,43-44,47-48,51-52,55-60,65-70H,1-2,13-14,29-30,33-40H2,3-6H3/t43-,44-,47+,48+,51-,52-,55+,56+,57-,58-,59+,60+,65-,66-,67+,68+,69+,70+/m1/s1. The average molecular weight is 1210 g/mol. The third kappa shape index (κ3) is 13.2. The zero-order valence-corrected chi connectivity index (χ0v) is 51.2. The Bertz CT molecular complexity index is 3220. The lowest BCUT2D eigenvalue weighted by Crippen LogP contribution is -2.43. The largest absolute Gasteiger partial charge is 0.490 e. The molecule has 0 amide bonds. The van der Waals surface area contributed by atoms with Crippen molar-refractivity contribution in [2.75, 3.05) is 13.2 Å². The number of fused-ring (bicyclic) bond motifs is 4. The Morgan fingerprint density at radius 2 is 0.860 bits per heavy atom. The van der Waals surface area contributed by atoms with E-state index in [1.54, 1.807) is 36.4 Å². The van der Waals surface area contributed by atoms with Crippen molar-refractivity contribution >= 4 is 43.7 Å². The van der Waals surface area contributed by atoms with E-state index in [0.717, 1.165) is 49.7 Å². The highest BCUT2D eigenvalue weighted by Gasteiger charge is 2.60. The molecule has 4 aromatic rings. The van der Waals surface area contributed by atoms with Crippen LogP contribution in [0.2, 0.25) is 0 Å². The molecule has 4 aliphatic heterocycles. The number of carbonyl (C=O) groups is 4. The second kappa shape index (κ2) is 25.7. The minimum absolute atomic E-state index is 0.0295. The molecule has 18 atom stereocenters. The van der Waals surface area contributed by atoms with Gasteiger partial charge in [0.25, 0.3) is 20.2 Å². The van der Waals surface area contributed by atoms with Crippen LogP contribution in [-0.4, -0.2) is 78.0 Å². The van der Waals surface area contributed by atoms with Gasteiger partial charge in [0, 0.05) is 48.3 Å². The lowest BCUT2D eigenvalue weighted by Gasteiger charge is -2.38. The molecule has 14 rings (SSSR count). The SMILES string of the molecule is C=C[C@H]1C=C[C@H]2[C@@H]3C[C@H](C)CC[C@H]3[C@@H]3Oc4ccc(cc4)C[C@H](COS(=O)(=O)c4ccc(C)cc4)OC(=O)CC(=O)[C@H]4[C@@H](C=C)C=C[C@H]5[C@@H]6C[C@H](C)CC[C@H]6[C@H](Oc6ccc(cc6)C[C@H](COS(=O)(=O)c6ccc(C)cc6)OC(=O)CC(=O)[C@@H]1[C@H]23)[C@@H]54. The molecule has 4 saturated carbocycles.